The summed E-state index contributed by atoms with van der Waals surface area (Å²) in [6.45, 7) is 6.15. The quantitative estimate of drug-likeness (QED) is 0.303. The summed E-state index contributed by atoms with van der Waals surface area (Å²) in [5, 5.41) is 25.7. The summed E-state index contributed by atoms with van der Waals surface area (Å²) < 4.78 is 2.48. The van der Waals surface area contributed by atoms with Gasteiger partial charge in [-0.1, -0.05) is 73.7 Å². The van der Waals surface area contributed by atoms with E-state index >= 15 is 0 Å². The molecule has 0 atom stereocenters. The Morgan fingerprint density at radius 1 is 1.25 bits per heavy atom. The molecule has 3 heterocycles. The van der Waals surface area contributed by atoms with Crippen molar-refractivity contribution in [2.24, 2.45) is 10.2 Å². The van der Waals surface area contributed by atoms with Gasteiger partial charge in [0.1, 0.15) is 0 Å². The molecular weight excluding hydrogens is 416 g/mol. The fourth-order valence-corrected chi connectivity index (χ4v) is 4.33. The van der Waals surface area contributed by atoms with E-state index in [0.29, 0.717) is 27.2 Å². The maximum atomic E-state index is 6.40. The van der Waals surface area contributed by atoms with Crippen molar-refractivity contribution in [2.45, 2.75) is 31.0 Å². The first-order chi connectivity index (χ1) is 13.6. The van der Waals surface area contributed by atoms with Crippen LogP contribution in [-0.4, -0.2) is 35.8 Å². The van der Waals surface area contributed by atoms with Gasteiger partial charge < -0.3 is 0 Å². The summed E-state index contributed by atoms with van der Waals surface area (Å²) in [6.07, 6.45) is 0. The van der Waals surface area contributed by atoms with Gasteiger partial charge in [-0.15, -0.1) is 25.5 Å². The Bertz CT molecular complexity index is 1140. The smallest absolute Gasteiger partial charge is 0.252 e. The first kappa shape index (κ1) is 19.0. The van der Waals surface area contributed by atoms with Crippen molar-refractivity contribution in [3.05, 3.63) is 35.1 Å². The number of halogens is 1. The van der Waals surface area contributed by atoms with Gasteiger partial charge in [0.25, 0.3) is 5.13 Å². The molecule has 4 rings (SSSR count). The van der Waals surface area contributed by atoms with E-state index in [2.05, 4.69) is 42.5 Å². The Kier molecular flexibility index (Phi) is 5.42. The van der Waals surface area contributed by atoms with Crippen LogP contribution >= 0.6 is 34.7 Å². The average Bonchev–Trinajstić information content (AvgIpc) is 3.35. The molecule has 28 heavy (non-hydrogen) atoms. The number of aromatic nitrogens is 6. The van der Waals surface area contributed by atoms with E-state index in [-0.39, 0.29) is 5.92 Å². The van der Waals surface area contributed by atoms with Gasteiger partial charge in [-0.25, -0.2) is 4.98 Å². The van der Waals surface area contributed by atoms with Gasteiger partial charge >= 0.3 is 0 Å². The number of hydrogen-bond donors (Lipinski definition) is 1. The fourth-order valence-electron chi connectivity index (χ4n) is 2.54. The minimum absolute atomic E-state index is 0.193. The van der Waals surface area contributed by atoms with E-state index in [1.165, 1.54) is 11.3 Å². The Morgan fingerprint density at radius 2 is 2.07 bits per heavy atom. The lowest BCUT2D eigenvalue weighted by Gasteiger charge is -2.02. The van der Waals surface area contributed by atoms with Crippen LogP contribution in [0.15, 0.2) is 38.8 Å². The minimum atomic E-state index is 0.193. The van der Waals surface area contributed by atoms with Gasteiger partial charge in [-0.2, -0.15) is 4.63 Å². The Hall–Kier alpha value is -2.30. The number of fused-ring (bicyclic) bond motifs is 1. The van der Waals surface area contributed by atoms with E-state index in [4.69, 9.17) is 11.6 Å². The van der Waals surface area contributed by atoms with Crippen molar-refractivity contribution in [3.8, 4) is 11.3 Å². The van der Waals surface area contributed by atoms with Gasteiger partial charge in [0.05, 0.1) is 10.7 Å². The molecule has 0 spiro atoms. The lowest BCUT2D eigenvalue weighted by Crippen LogP contribution is -1.93. The van der Waals surface area contributed by atoms with Crippen LogP contribution in [0.25, 0.3) is 16.9 Å². The Labute approximate surface area is 174 Å². The summed E-state index contributed by atoms with van der Waals surface area (Å²) >= 11 is 9.42. The molecule has 0 radical (unpaired) electrons. The Balaban J connectivity index is 1.82. The normalized spacial score (nSPS) is 12.0. The third-order valence-corrected chi connectivity index (χ3v) is 6.00. The SMILES string of the molecule is CCSc1nnc(N=Nc2c(-c3ccccc3Cl)[nH]n3nc(C(C)C)nc23)s1. The fraction of sp³-hybridized carbons (Fsp3) is 0.294. The van der Waals surface area contributed by atoms with E-state index in [1.54, 1.807) is 16.4 Å². The van der Waals surface area contributed by atoms with Gasteiger partial charge in [-0.05, 0) is 11.8 Å². The summed E-state index contributed by atoms with van der Waals surface area (Å²) in [4.78, 5) is 4.62. The highest BCUT2D eigenvalue weighted by Crippen LogP contribution is 2.38. The Morgan fingerprint density at radius 3 is 2.82 bits per heavy atom. The van der Waals surface area contributed by atoms with Gasteiger partial charge in [0.15, 0.2) is 15.9 Å². The molecule has 0 saturated carbocycles. The second kappa shape index (κ2) is 7.98. The van der Waals surface area contributed by atoms with Crippen LogP contribution in [0.1, 0.15) is 32.5 Å². The van der Waals surface area contributed by atoms with Crippen molar-refractivity contribution >= 4 is 51.2 Å². The predicted octanol–water partition coefficient (Wildman–Crippen LogP) is 5.88. The molecule has 11 heteroatoms. The highest BCUT2D eigenvalue weighted by molar-refractivity contribution is 8.01. The zero-order valence-electron chi connectivity index (χ0n) is 15.4. The van der Waals surface area contributed by atoms with Crippen LogP contribution in [-0.2, 0) is 0 Å². The van der Waals surface area contributed by atoms with Crippen LogP contribution in [0.4, 0.5) is 10.8 Å². The third kappa shape index (κ3) is 3.67. The molecule has 0 aliphatic rings. The molecule has 1 N–H and O–H groups in total. The number of aromatic amines is 1. The summed E-state index contributed by atoms with van der Waals surface area (Å²) in [7, 11) is 0. The molecule has 0 amide bonds. The molecule has 0 bridgehead atoms. The minimum Gasteiger partial charge on any atom is -0.273 e. The lowest BCUT2D eigenvalue weighted by atomic mass is 10.1. The molecule has 0 saturated heterocycles. The first-order valence-electron chi connectivity index (χ1n) is 8.68. The summed E-state index contributed by atoms with van der Waals surface area (Å²) in [5.41, 5.74) is 2.66. The third-order valence-electron chi connectivity index (χ3n) is 3.85. The average molecular weight is 433 g/mol. The highest BCUT2D eigenvalue weighted by atomic mass is 35.5. The molecule has 8 nitrogen and oxygen atoms in total. The van der Waals surface area contributed by atoms with Crippen molar-refractivity contribution < 1.29 is 0 Å². The molecule has 0 aliphatic carbocycles. The van der Waals surface area contributed by atoms with E-state index in [9.17, 15) is 0 Å². The van der Waals surface area contributed by atoms with Gasteiger partial charge in [0.2, 0.25) is 5.65 Å². The van der Waals surface area contributed by atoms with Crippen LogP contribution in [0.2, 0.25) is 5.02 Å². The highest BCUT2D eigenvalue weighted by Gasteiger charge is 2.20. The maximum Gasteiger partial charge on any atom is 0.252 e. The van der Waals surface area contributed by atoms with Gasteiger partial charge in [0, 0.05) is 11.5 Å². The predicted molar refractivity (Wildman–Crippen MR) is 112 cm³/mol. The molecule has 0 aliphatic heterocycles. The number of benzene rings is 1. The lowest BCUT2D eigenvalue weighted by molar-refractivity contribution is 0.731. The van der Waals surface area contributed by atoms with Crippen molar-refractivity contribution in [2.75, 3.05) is 5.75 Å². The number of rotatable bonds is 6. The molecular formula is C17H17ClN8S2. The standard InChI is InChI=1S/C17H17ClN8S2/c1-4-27-17-23-22-16(28-17)21-20-13-12(10-7-5-6-8-11(10)18)24-26-15(13)19-14(25-26)9(2)3/h5-9,24H,4H2,1-3H3. The van der Waals surface area contributed by atoms with Crippen molar-refractivity contribution in [1.29, 1.82) is 0 Å². The number of H-pyrrole nitrogens is 1. The zero-order chi connectivity index (χ0) is 19.7. The second-order valence-electron chi connectivity index (χ2n) is 6.16. The van der Waals surface area contributed by atoms with Crippen LogP contribution in [0.3, 0.4) is 0 Å². The maximum absolute atomic E-state index is 6.40. The molecule has 0 fully saturated rings. The van der Waals surface area contributed by atoms with E-state index in [1.807, 2.05) is 38.1 Å². The molecule has 0 unspecified atom stereocenters. The van der Waals surface area contributed by atoms with E-state index in [0.717, 1.165) is 21.5 Å². The second-order valence-corrected chi connectivity index (χ2v) is 9.03. The number of nitrogens with one attached hydrogen (secondary N) is 1. The van der Waals surface area contributed by atoms with Crippen molar-refractivity contribution in [3.63, 3.8) is 0 Å². The van der Waals surface area contributed by atoms with Crippen LogP contribution in [0.5, 0.6) is 0 Å². The molecule has 1 aromatic carbocycles. The monoisotopic (exact) mass is 432 g/mol. The number of hydrogen-bond acceptors (Lipinski definition) is 8. The number of thioether (sulfide) groups is 1. The van der Waals surface area contributed by atoms with Crippen molar-refractivity contribution in [1.82, 2.24) is 30.0 Å². The topological polar surface area (TPSA) is 96.5 Å². The van der Waals surface area contributed by atoms with Gasteiger partial charge in [-0.3, -0.25) is 5.10 Å². The van der Waals surface area contributed by atoms with Crippen LogP contribution in [0, 0.1) is 0 Å². The molecule has 4 aromatic rings. The zero-order valence-corrected chi connectivity index (χ0v) is 17.8. The number of azo groups is 1. The molecule has 3 aromatic heterocycles. The van der Waals surface area contributed by atoms with Crippen LogP contribution < -0.4 is 0 Å². The first-order valence-corrected chi connectivity index (χ1v) is 10.9. The van der Waals surface area contributed by atoms with E-state index < -0.39 is 0 Å². The summed E-state index contributed by atoms with van der Waals surface area (Å²) in [6, 6.07) is 7.53. The largest absolute Gasteiger partial charge is 0.273 e. The molecule has 144 valence electrons. The summed E-state index contributed by atoms with van der Waals surface area (Å²) in [5.74, 6) is 1.85. The number of nitrogens with zero attached hydrogens (tertiary/aromatic N) is 7.